The number of anilines is 1. The maximum absolute atomic E-state index is 13.1. The van der Waals surface area contributed by atoms with E-state index in [1.165, 1.54) is 24.4 Å². The molecule has 27 heavy (non-hydrogen) atoms. The van der Waals surface area contributed by atoms with E-state index >= 15 is 0 Å². The zero-order valence-electron chi connectivity index (χ0n) is 13.8. The van der Waals surface area contributed by atoms with Gasteiger partial charge in [-0.05, 0) is 24.3 Å². The molecule has 11 heteroatoms. The maximum Gasteiger partial charge on any atom is 0.416 e. The van der Waals surface area contributed by atoms with Gasteiger partial charge in [0.15, 0.2) is 17.7 Å². The molecule has 2 aromatic rings. The van der Waals surface area contributed by atoms with Gasteiger partial charge >= 0.3 is 12.2 Å². The zero-order valence-corrected chi connectivity index (χ0v) is 13.8. The van der Waals surface area contributed by atoms with Crippen molar-refractivity contribution in [3.05, 3.63) is 48.2 Å². The van der Waals surface area contributed by atoms with Crippen LogP contribution in [0, 0.1) is 11.6 Å². The highest BCUT2D eigenvalue weighted by Crippen LogP contribution is 2.23. The molecule has 0 bridgehead atoms. The number of urea groups is 1. The third kappa shape index (κ3) is 5.78. The van der Waals surface area contributed by atoms with E-state index in [2.05, 4.69) is 10.3 Å². The summed E-state index contributed by atoms with van der Waals surface area (Å²) < 4.78 is 68.1. The smallest absolute Gasteiger partial charge is 0.416 e. The molecule has 0 aliphatic rings. The predicted molar refractivity (Wildman–Crippen MR) is 84.4 cm³/mol. The lowest BCUT2D eigenvalue weighted by Gasteiger charge is -2.22. The number of carbonyl (C=O) groups is 1. The van der Waals surface area contributed by atoms with Gasteiger partial charge in [-0.2, -0.15) is 13.2 Å². The van der Waals surface area contributed by atoms with Crippen molar-refractivity contribution >= 4 is 11.8 Å². The number of aliphatic hydroxyl groups is 1. The Balaban J connectivity index is 1.94. The second-order valence-electron chi connectivity index (χ2n) is 5.43. The van der Waals surface area contributed by atoms with Crippen molar-refractivity contribution in [3.63, 3.8) is 0 Å². The van der Waals surface area contributed by atoms with Gasteiger partial charge in [-0.15, -0.1) is 0 Å². The zero-order chi connectivity index (χ0) is 20.2. The number of ether oxygens (including phenoxy) is 1. The first-order valence-corrected chi connectivity index (χ1v) is 7.42. The Hall–Kier alpha value is -2.95. The van der Waals surface area contributed by atoms with Crippen LogP contribution in [0.25, 0.3) is 0 Å². The van der Waals surface area contributed by atoms with Gasteiger partial charge in [0.2, 0.25) is 0 Å². The number of aliphatic hydroxyl groups excluding tert-OH is 1. The molecule has 0 radical (unpaired) electrons. The highest BCUT2D eigenvalue weighted by atomic mass is 19.4. The molecule has 0 unspecified atom stereocenters. The van der Waals surface area contributed by atoms with Gasteiger partial charge < -0.3 is 14.7 Å². The molecule has 0 aliphatic carbocycles. The Morgan fingerprint density at radius 1 is 1.22 bits per heavy atom. The minimum Gasteiger partial charge on any atom is -0.456 e. The number of pyridine rings is 1. The van der Waals surface area contributed by atoms with Crippen LogP contribution in [-0.4, -0.2) is 46.9 Å². The number of hydrogen-bond acceptors (Lipinski definition) is 4. The Kier molecular flexibility index (Phi) is 6.16. The summed E-state index contributed by atoms with van der Waals surface area (Å²) in [6.45, 7) is -0.952. The lowest BCUT2D eigenvalue weighted by Crippen LogP contribution is -2.43. The molecular formula is C16H14F5N3O3. The normalized spacial score (nSPS) is 12.4. The fraction of sp³-hybridized carbons (Fsp3) is 0.250. The van der Waals surface area contributed by atoms with Crippen molar-refractivity contribution in [1.29, 1.82) is 0 Å². The molecule has 0 aliphatic heterocycles. The molecule has 0 fully saturated rings. The predicted octanol–water partition coefficient (Wildman–Crippen LogP) is 3.54. The molecule has 1 aromatic carbocycles. The van der Waals surface area contributed by atoms with Gasteiger partial charge in [-0.1, -0.05) is 0 Å². The van der Waals surface area contributed by atoms with Crippen LogP contribution >= 0.6 is 0 Å². The third-order valence-corrected chi connectivity index (χ3v) is 3.27. The number of hydrogen-bond donors (Lipinski definition) is 2. The van der Waals surface area contributed by atoms with Crippen molar-refractivity contribution < 1.29 is 36.6 Å². The molecule has 6 nitrogen and oxygen atoms in total. The molecule has 1 heterocycles. The number of alkyl halides is 3. The number of nitrogens with one attached hydrogen (secondary N) is 1. The number of aromatic nitrogens is 1. The average Bonchev–Trinajstić information content (AvgIpc) is 2.59. The van der Waals surface area contributed by atoms with Crippen LogP contribution in [0.5, 0.6) is 11.5 Å². The van der Waals surface area contributed by atoms with E-state index in [1.54, 1.807) is 0 Å². The minimum absolute atomic E-state index is 0.00554. The molecule has 0 saturated heterocycles. The lowest BCUT2D eigenvalue weighted by molar-refractivity contribution is -0.205. The fourth-order valence-corrected chi connectivity index (χ4v) is 1.84. The van der Waals surface area contributed by atoms with Crippen LogP contribution < -0.4 is 10.1 Å². The molecule has 0 saturated carbocycles. The molecule has 2 amide bonds. The van der Waals surface area contributed by atoms with Gasteiger partial charge in [0.25, 0.3) is 0 Å². The first-order valence-electron chi connectivity index (χ1n) is 7.42. The van der Waals surface area contributed by atoms with E-state index in [0.717, 1.165) is 19.2 Å². The first-order chi connectivity index (χ1) is 12.6. The van der Waals surface area contributed by atoms with E-state index in [1.807, 2.05) is 0 Å². The van der Waals surface area contributed by atoms with Crippen molar-refractivity contribution in [2.24, 2.45) is 0 Å². The molecule has 146 valence electrons. The summed E-state index contributed by atoms with van der Waals surface area (Å²) >= 11 is 0. The fourth-order valence-electron chi connectivity index (χ4n) is 1.84. The van der Waals surface area contributed by atoms with Gasteiger partial charge in [0.1, 0.15) is 17.3 Å². The average molecular weight is 391 g/mol. The second-order valence-corrected chi connectivity index (χ2v) is 5.43. The van der Waals surface area contributed by atoms with Gasteiger partial charge in [-0.25, -0.2) is 18.6 Å². The monoisotopic (exact) mass is 391 g/mol. The van der Waals surface area contributed by atoms with Crippen LogP contribution in [0.3, 0.4) is 0 Å². The Bertz CT molecular complexity index is 799. The first kappa shape index (κ1) is 20.4. The summed E-state index contributed by atoms with van der Waals surface area (Å²) in [6, 6.07) is 4.66. The molecule has 2 rings (SSSR count). The van der Waals surface area contributed by atoms with Crippen LogP contribution in [0.4, 0.5) is 32.6 Å². The number of benzene rings is 1. The quantitative estimate of drug-likeness (QED) is 0.765. The summed E-state index contributed by atoms with van der Waals surface area (Å²) in [5, 5.41) is 11.2. The highest BCUT2D eigenvalue weighted by molar-refractivity contribution is 5.88. The van der Waals surface area contributed by atoms with Crippen molar-refractivity contribution in [3.8, 4) is 11.5 Å². The summed E-state index contributed by atoms with van der Waals surface area (Å²) in [7, 11) is 1.07. The standard InChI is InChI=1S/C16H14F5N3O3/c1-24(8-13(25)16(19,20)21)15(26)23-14-5-3-10(7-22-14)27-9-2-4-11(17)12(18)6-9/h2-7,13,25H,8H2,1H3,(H,22,23,26)/t13-/m1/s1. The molecule has 1 aromatic heterocycles. The minimum atomic E-state index is -4.84. The van der Waals surface area contributed by atoms with Crippen molar-refractivity contribution in [2.75, 3.05) is 18.9 Å². The van der Waals surface area contributed by atoms with Crippen LogP contribution in [0.2, 0.25) is 0 Å². The molecule has 0 spiro atoms. The number of amides is 2. The van der Waals surface area contributed by atoms with Crippen molar-refractivity contribution in [1.82, 2.24) is 9.88 Å². The van der Waals surface area contributed by atoms with E-state index < -0.39 is 36.5 Å². The van der Waals surface area contributed by atoms with Gasteiger partial charge in [0, 0.05) is 13.1 Å². The number of rotatable bonds is 5. The van der Waals surface area contributed by atoms with E-state index in [4.69, 9.17) is 9.84 Å². The summed E-state index contributed by atoms with van der Waals surface area (Å²) in [4.78, 5) is 16.3. The Morgan fingerprint density at radius 2 is 1.89 bits per heavy atom. The Morgan fingerprint density at radius 3 is 2.44 bits per heavy atom. The number of likely N-dealkylation sites (N-methyl/N-ethyl adjacent to an activating group) is 1. The van der Waals surface area contributed by atoms with E-state index in [9.17, 15) is 26.7 Å². The van der Waals surface area contributed by atoms with Crippen molar-refractivity contribution in [2.45, 2.75) is 12.3 Å². The lowest BCUT2D eigenvalue weighted by atomic mass is 10.3. The molecular weight excluding hydrogens is 377 g/mol. The summed E-state index contributed by atoms with van der Waals surface area (Å²) in [5.74, 6) is -1.94. The van der Waals surface area contributed by atoms with Gasteiger partial charge in [0.05, 0.1) is 12.7 Å². The maximum atomic E-state index is 13.1. The number of carbonyl (C=O) groups excluding carboxylic acids is 1. The van der Waals surface area contributed by atoms with E-state index in [-0.39, 0.29) is 17.3 Å². The second kappa shape index (κ2) is 8.16. The SMILES string of the molecule is CN(C[C@@H](O)C(F)(F)F)C(=O)Nc1ccc(Oc2ccc(F)c(F)c2)cn1. The number of nitrogens with zero attached hydrogens (tertiary/aromatic N) is 2. The van der Waals surface area contributed by atoms with Crippen LogP contribution in [0.1, 0.15) is 0 Å². The number of halogens is 5. The topological polar surface area (TPSA) is 74.7 Å². The van der Waals surface area contributed by atoms with Crippen LogP contribution in [0.15, 0.2) is 36.5 Å². The summed E-state index contributed by atoms with van der Waals surface area (Å²) in [5.41, 5.74) is 0. The summed E-state index contributed by atoms with van der Waals surface area (Å²) in [6.07, 6.45) is -6.35. The third-order valence-electron chi connectivity index (χ3n) is 3.27. The molecule has 2 N–H and O–H groups in total. The molecule has 1 atom stereocenters. The highest BCUT2D eigenvalue weighted by Gasteiger charge is 2.39. The van der Waals surface area contributed by atoms with Crippen LogP contribution in [-0.2, 0) is 0 Å². The van der Waals surface area contributed by atoms with E-state index in [0.29, 0.717) is 4.90 Å². The van der Waals surface area contributed by atoms with Gasteiger partial charge in [-0.3, -0.25) is 5.32 Å². The largest absolute Gasteiger partial charge is 0.456 e. The Labute approximate surface area is 150 Å².